The number of hydrogen-bond donors (Lipinski definition) is 1. The summed E-state index contributed by atoms with van der Waals surface area (Å²) in [6.07, 6.45) is 8.13. The maximum Gasteiger partial charge on any atom is 0.0594 e. The molecule has 3 fully saturated rings. The molecule has 3 heteroatoms. The van der Waals surface area contributed by atoms with Crippen molar-refractivity contribution in [1.29, 1.82) is 0 Å². The van der Waals surface area contributed by atoms with E-state index in [1.54, 1.807) is 0 Å². The Bertz CT molecular complexity index is 240. The predicted molar refractivity (Wildman–Crippen MR) is 64.3 cm³/mol. The lowest BCUT2D eigenvalue weighted by molar-refractivity contribution is -0.00680. The van der Waals surface area contributed by atoms with Gasteiger partial charge in [0.2, 0.25) is 0 Å². The van der Waals surface area contributed by atoms with Gasteiger partial charge in [-0.25, -0.2) is 0 Å². The molecule has 1 atom stereocenters. The smallest absolute Gasteiger partial charge is 0.0594 e. The Balaban J connectivity index is 1.72. The van der Waals surface area contributed by atoms with Gasteiger partial charge in [0.05, 0.1) is 13.2 Å². The molecule has 92 valence electrons. The predicted octanol–water partition coefficient (Wildman–Crippen LogP) is 1.37. The minimum absolute atomic E-state index is 0.159. The van der Waals surface area contributed by atoms with E-state index in [2.05, 4.69) is 4.90 Å². The van der Waals surface area contributed by atoms with Gasteiger partial charge in [-0.05, 0) is 31.6 Å². The van der Waals surface area contributed by atoms with E-state index in [9.17, 15) is 0 Å². The van der Waals surface area contributed by atoms with E-state index < -0.39 is 0 Å². The molecule has 1 saturated heterocycles. The summed E-state index contributed by atoms with van der Waals surface area (Å²) in [6, 6.07) is 0.652. The van der Waals surface area contributed by atoms with Crippen molar-refractivity contribution in [3.8, 4) is 0 Å². The van der Waals surface area contributed by atoms with Crippen molar-refractivity contribution in [2.45, 2.75) is 50.1 Å². The summed E-state index contributed by atoms with van der Waals surface area (Å²) in [5.41, 5.74) is 6.68. The summed E-state index contributed by atoms with van der Waals surface area (Å²) in [7, 11) is 0. The third-order valence-corrected chi connectivity index (χ3v) is 4.70. The fourth-order valence-corrected chi connectivity index (χ4v) is 3.70. The SMILES string of the molecule is NC1(C(C2CCCC2)N2CCOCC2)CC1. The van der Waals surface area contributed by atoms with Gasteiger partial charge in [0.25, 0.3) is 0 Å². The second-order valence-electron chi connectivity index (χ2n) is 5.87. The van der Waals surface area contributed by atoms with Gasteiger partial charge in [0, 0.05) is 24.7 Å². The Morgan fingerprint density at radius 3 is 2.31 bits per heavy atom. The van der Waals surface area contributed by atoms with Crippen LogP contribution in [-0.2, 0) is 4.74 Å². The van der Waals surface area contributed by atoms with Crippen LogP contribution in [0.3, 0.4) is 0 Å². The van der Waals surface area contributed by atoms with Gasteiger partial charge in [-0.2, -0.15) is 0 Å². The van der Waals surface area contributed by atoms with Gasteiger partial charge in [-0.15, -0.1) is 0 Å². The van der Waals surface area contributed by atoms with Gasteiger partial charge >= 0.3 is 0 Å². The molecule has 0 spiro atoms. The first-order valence-corrected chi connectivity index (χ1v) is 6.90. The first-order chi connectivity index (χ1) is 7.80. The molecular formula is C13H24N2O. The number of ether oxygens (including phenoxy) is 1. The van der Waals surface area contributed by atoms with E-state index >= 15 is 0 Å². The fraction of sp³-hybridized carbons (Fsp3) is 1.00. The topological polar surface area (TPSA) is 38.5 Å². The summed E-state index contributed by atoms with van der Waals surface area (Å²) in [6.45, 7) is 4.00. The van der Waals surface area contributed by atoms with Crippen LogP contribution >= 0.6 is 0 Å². The molecule has 2 N–H and O–H groups in total. The lowest BCUT2D eigenvalue weighted by Gasteiger charge is -2.41. The van der Waals surface area contributed by atoms with Crippen LogP contribution in [0.25, 0.3) is 0 Å². The average molecular weight is 224 g/mol. The quantitative estimate of drug-likeness (QED) is 0.787. The minimum atomic E-state index is 0.159. The standard InChI is InChI=1S/C13H24N2O/c14-13(5-6-13)12(11-3-1-2-4-11)15-7-9-16-10-8-15/h11-12H,1-10,14H2. The zero-order valence-corrected chi connectivity index (χ0v) is 10.2. The van der Waals surface area contributed by atoms with Crippen LogP contribution in [-0.4, -0.2) is 42.8 Å². The van der Waals surface area contributed by atoms with Crippen molar-refractivity contribution < 1.29 is 4.74 Å². The van der Waals surface area contributed by atoms with Gasteiger partial charge in [-0.1, -0.05) is 12.8 Å². The summed E-state index contributed by atoms with van der Waals surface area (Å²) in [5.74, 6) is 0.866. The molecule has 16 heavy (non-hydrogen) atoms. The molecule has 3 nitrogen and oxygen atoms in total. The molecule has 2 aliphatic carbocycles. The first-order valence-electron chi connectivity index (χ1n) is 6.90. The zero-order valence-electron chi connectivity index (χ0n) is 10.2. The second kappa shape index (κ2) is 4.28. The van der Waals surface area contributed by atoms with Crippen LogP contribution in [0, 0.1) is 5.92 Å². The molecule has 3 aliphatic rings. The summed E-state index contributed by atoms with van der Waals surface area (Å²) in [4.78, 5) is 2.63. The Kier molecular flexibility index (Phi) is 2.94. The van der Waals surface area contributed by atoms with Crippen molar-refractivity contribution in [3.05, 3.63) is 0 Å². The number of hydrogen-bond acceptors (Lipinski definition) is 3. The van der Waals surface area contributed by atoms with Crippen LogP contribution in [0.4, 0.5) is 0 Å². The molecule has 1 unspecified atom stereocenters. The van der Waals surface area contributed by atoms with E-state index in [1.165, 1.54) is 38.5 Å². The van der Waals surface area contributed by atoms with Crippen LogP contribution in [0.5, 0.6) is 0 Å². The van der Waals surface area contributed by atoms with Crippen LogP contribution in [0.15, 0.2) is 0 Å². The lowest BCUT2D eigenvalue weighted by atomic mass is 9.88. The number of rotatable bonds is 3. The number of morpholine rings is 1. The lowest BCUT2D eigenvalue weighted by Crippen LogP contribution is -2.56. The maximum absolute atomic E-state index is 6.52. The van der Waals surface area contributed by atoms with E-state index in [0.717, 1.165) is 32.2 Å². The van der Waals surface area contributed by atoms with Crippen LogP contribution in [0.1, 0.15) is 38.5 Å². The highest BCUT2D eigenvalue weighted by Gasteiger charge is 2.51. The molecule has 0 bridgehead atoms. The maximum atomic E-state index is 6.52. The molecule has 1 aliphatic heterocycles. The van der Waals surface area contributed by atoms with Crippen LogP contribution in [0.2, 0.25) is 0 Å². The highest BCUT2D eigenvalue weighted by atomic mass is 16.5. The van der Waals surface area contributed by atoms with Gasteiger partial charge in [0.15, 0.2) is 0 Å². The molecule has 3 rings (SSSR count). The normalized spacial score (nSPS) is 32.8. The van der Waals surface area contributed by atoms with Gasteiger partial charge in [-0.3, -0.25) is 4.90 Å². The summed E-state index contributed by atoms with van der Waals surface area (Å²) >= 11 is 0. The molecule has 1 heterocycles. The molecule has 0 aromatic rings. The van der Waals surface area contributed by atoms with Crippen molar-refractivity contribution in [3.63, 3.8) is 0 Å². The first kappa shape index (κ1) is 11.0. The van der Waals surface area contributed by atoms with Crippen molar-refractivity contribution in [2.24, 2.45) is 11.7 Å². The summed E-state index contributed by atoms with van der Waals surface area (Å²) in [5, 5.41) is 0. The third kappa shape index (κ3) is 2.01. The second-order valence-corrected chi connectivity index (χ2v) is 5.87. The fourth-order valence-electron chi connectivity index (χ4n) is 3.70. The molecule has 0 aromatic carbocycles. The number of nitrogens with zero attached hydrogens (tertiary/aromatic N) is 1. The molecular weight excluding hydrogens is 200 g/mol. The zero-order chi connectivity index (χ0) is 11.0. The van der Waals surface area contributed by atoms with E-state index in [-0.39, 0.29) is 5.54 Å². The Morgan fingerprint density at radius 1 is 1.12 bits per heavy atom. The van der Waals surface area contributed by atoms with Crippen LogP contribution < -0.4 is 5.73 Å². The summed E-state index contributed by atoms with van der Waals surface area (Å²) < 4.78 is 5.46. The van der Waals surface area contributed by atoms with Gasteiger partial charge < -0.3 is 10.5 Å². The Labute approximate surface area is 98.3 Å². The van der Waals surface area contributed by atoms with Gasteiger partial charge in [0.1, 0.15) is 0 Å². The minimum Gasteiger partial charge on any atom is -0.379 e. The largest absolute Gasteiger partial charge is 0.379 e. The molecule has 0 amide bonds. The van der Waals surface area contributed by atoms with E-state index in [4.69, 9.17) is 10.5 Å². The number of nitrogens with two attached hydrogens (primary N) is 1. The molecule has 0 radical (unpaired) electrons. The highest BCUT2D eigenvalue weighted by Crippen LogP contribution is 2.45. The van der Waals surface area contributed by atoms with Crippen molar-refractivity contribution >= 4 is 0 Å². The monoisotopic (exact) mass is 224 g/mol. The molecule has 2 saturated carbocycles. The highest BCUT2D eigenvalue weighted by molar-refractivity contribution is 5.11. The van der Waals surface area contributed by atoms with Crippen molar-refractivity contribution in [1.82, 2.24) is 4.90 Å². The van der Waals surface area contributed by atoms with E-state index in [0.29, 0.717) is 6.04 Å². The molecule has 0 aromatic heterocycles. The third-order valence-electron chi connectivity index (χ3n) is 4.70. The average Bonchev–Trinajstić information content (AvgIpc) is 2.83. The Morgan fingerprint density at radius 2 is 1.75 bits per heavy atom. The van der Waals surface area contributed by atoms with E-state index in [1.807, 2.05) is 0 Å². The van der Waals surface area contributed by atoms with Crippen molar-refractivity contribution in [2.75, 3.05) is 26.3 Å². The Hall–Kier alpha value is -0.120.